The molecule has 3 aliphatic carbocycles. The van der Waals surface area contributed by atoms with Gasteiger partial charge >= 0.3 is 0 Å². The Morgan fingerprint density at radius 2 is 0.961 bits per heavy atom. The quantitative estimate of drug-likeness (QED) is 0.159. The van der Waals surface area contributed by atoms with Crippen molar-refractivity contribution in [1.29, 1.82) is 0 Å². The molecule has 0 saturated carbocycles. The normalized spacial score (nSPS) is 19.5. The highest BCUT2D eigenvalue weighted by molar-refractivity contribution is 7.33. The molecule has 13 rings (SSSR count). The molecule has 0 spiro atoms. The highest BCUT2D eigenvalue weighted by atomic mass is 32.1. The lowest BCUT2D eigenvalue weighted by atomic mass is 9.35. The Balaban J connectivity index is 1.21. The standard InChI is InChI=1S/C71H75BF2N2S/c1-41(2)42-22-24-44(25-23-42)76-60-35-43(46-18-15-16-19-47(46)62-56(73)20-17-21-57(62)74)34-59-63(60)72(65-64(76)48-37-51-54(40-61(48)77-65)71(13,14)33-30-68(51,7)8)55-38-52-53(70(11,12)32-31-69(52,9)10)39-58(55)75(59)45-26-27-49-50(36-45)67(5,6)29-28-66(49,3)4/h15-27,34-41H,28-33H2,1-14H3. The molecular formula is C71H75BF2N2S. The summed E-state index contributed by atoms with van der Waals surface area (Å²) in [5.74, 6) is -0.774. The van der Waals surface area contributed by atoms with Crippen LogP contribution in [0.1, 0.15) is 180 Å². The monoisotopic (exact) mass is 1040 g/mol. The molecule has 0 atom stereocenters. The Hall–Kier alpha value is -5.98. The van der Waals surface area contributed by atoms with Crippen molar-refractivity contribution in [1.82, 2.24) is 0 Å². The Morgan fingerprint density at radius 1 is 0.468 bits per heavy atom. The van der Waals surface area contributed by atoms with E-state index in [0.29, 0.717) is 11.5 Å². The summed E-state index contributed by atoms with van der Waals surface area (Å²) in [6, 6.07) is 43.9. The van der Waals surface area contributed by atoms with Crippen LogP contribution in [0.3, 0.4) is 0 Å². The third-order valence-corrected chi connectivity index (χ3v) is 21.2. The molecule has 3 heterocycles. The first-order valence-corrected chi connectivity index (χ1v) is 29.5. The summed E-state index contributed by atoms with van der Waals surface area (Å²) in [5.41, 5.74) is 21.7. The highest BCUT2D eigenvalue weighted by Crippen LogP contribution is 2.56. The van der Waals surface area contributed by atoms with Crippen molar-refractivity contribution in [2.75, 3.05) is 9.80 Å². The van der Waals surface area contributed by atoms with Gasteiger partial charge in [-0.2, -0.15) is 0 Å². The number of benzene rings is 7. The van der Waals surface area contributed by atoms with Gasteiger partial charge in [-0.15, -0.1) is 11.3 Å². The second-order valence-electron chi connectivity index (χ2n) is 28.1. The maximum Gasteiger partial charge on any atom is 0.264 e. The smallest absolute Gasteiger partial charge is 0.264 e. The number of halogens is 2. The molecular weight excluding hydrogens is 962 g/mol. The molecule has 77 heavy (non-hydrogen) atoms. The van der Waals surface area contributed by atoms with Crippen molar-refractivity contribution in [2.24, 2.45) is 0 Å². The van der Waals surface area contributed by atoms with Crippen LogP contribution >= 0.6 is 11.3 Å². The summed E-state index contributed by atoms with van der Waals surface area (Å²) in [7, 11) is 0. The SMILES string of the molecule is CC(C)c1ccc(N2c3cc(-c4ccccc4-c4c(F)cccc4F)cc4c3B(c3cc5c(cc3N4c3ccc4c(c3)C(C)(C)CCC4(C)C)C(C)(C)CCC5(C)C)c3sc4cc5c(cc4c32)C(C)(C)CCC5(C)C)cc1. The zero-order valence-electron chi connectivity index (χ0n) is 48.0. The van der Waals surface area contributed by atoms with Crippen molar-refractivity contribution in [3.05, 3.63) is 172 Å². The van der Waals surface area contributed by atoms with Crippen LogP contribution in [0.2, 0.25) is 0 Å². The summed E-state index contributed by atoms with van der Waals surface area (Å²) in [6.07, 6.45) is 6.75. The Bertz CT molecular complexity index is 3770. The Labute approximate surface area is 462 Å². The van der Waals surface area contributed by atoms with Crippen LogP contribution in [0.15, 0.2) is 121 Å². The maximum absolute atomic E-state index is 16.3. The largest absolute Gasteiger partial charge is 0.311 e. The molecule has 5 aliphatic rings. The van der Waals surface area contributed by atoms with E-state index in [1.807, 2.05) is 29.5 Å². The molecule has 0 saturated heterocycles. The second-order valence-corrected chi connectivity index (χ2v) is 29.2. The molecule has 0 bridgehead atoms. The van der Waals surface area contributed by atoms with Gasteiger partial charge in [-0.25, -0.2) is 8.78 Å². The van der Waals surface area contributed by atoms with Crippen LogP contribution in [-0.4, -0.2) is 6.71 Å². The van der Waals surface area contributed by atoms with E-state index in [2.05, 4.69) is 192 Å². The minimum atomic E-state index is -0.571. The average Bonchev–Trinajstić information content (AvgIpc) is 3.98. The molecule has 0 unspecified atom stereocenters. The lowest BCUT2D eigenvalue weighted by molar-refractivity contribution is 0.332. The molecule has 8 aromatic rings. The first kappa shape index (κ1) is 50.5. The summed E-state index contributed by atoms with van der Waals surface area (Å²) in [4.78, 5) is 5.20. The fourth-order valence-corrected chi connectivity index (χ4v) is 16.1. The Kier molecular flexibility index (Phi) is 11.0. The summed E-state index contributed by atoms with van der Waals surface area (Å²) < 4.78 is 35.3. The molecule has 7 aromatic carbocycles. The average molecular weight is 1040 g/mol. The van der Waals surface area contributed by atoms with Gasteiger partial charge in [0.05, 0.1) is 11.3 Å². The van der Waals surface area contributed by atoms with Crippen molar-refractivity contribution in [2.45, 2.75) is 174 Å². The van der Waals surface area contributed by atoms with Crippen LogP contribution < -0.4 is 25.5 Å². The predicted molar refractivity (Wildman–Crippen MR) is 327 cm³/mol. The summed E-state index contributed by atoms with van der Waals surface area (Å²) in [5, 5.41) is 1.29. The maximum atomic E-state index is 16.3. The van der Waals surface area contributed by atoms with Gasteiger partial charge in [0.15, 0.2) is 0 Å². The molecule has 0 fully saturated rings. The number of anilines is 6. The molecule has 0 N–H and O–H groups in total. The topological polar surface area (TPSA) is 6.48 Å². The van der Waals surface area contributed by atoms with E-state index in [4.69, 9.17) is 0 Å². The number of fused-ring (bicyclic) bond motifs is 9. The van der Waals surface area contributed by atoms with E-state index in [9.17, 15) is 0 Å². The molecule has 0 radical (unpaired) electrons. The van der Waals surface area contributed by atoms with E-state index in [-0.39, 0.29) is 44.8 Å². The van der Waals surface area contributed by atoms with E-state index >= 15 is 8.78 Å². The number of hydrogen-bond donors (Lipinski definition) is 0. The number of hydrogen-bond acceptors (Lipinski definition) is 3. The van der Waals surface area contributed by atoms with Crippen LogP contribution in [0.4, 0.5) is 42.9 Å². The van der Waals surface area contributed by atoms with E-state index < -0.39 is 11.6 Å². The minimum Gasteiger partial charge on any atom is -0.311 e. The van der Waals surface area contributed by atoms with Gasteiger partial charge in [0, 0.05) is 43.3 Å². The van der Waals surface area contributed by atoms with E-state index in [0.717, 1.165) is 72.4 Å². The third kappa shape index (κ3) is 7.56. The zero-order valence-corrected chi connectivity index (χ0v) is 48.8. The van der Waals surface area contributed by atoms with Gasteiger partial charge in [-0.1, -0.05) is 152 Å². The number of rotatable bonds is 5. The van der Waals surface area contributed by atoms with Gasteiger partial charge in [0.2, 0.25) is 0 Å². The molecule has 2 aliphatic heterocycles. The Morgan fingerprint density at radius 3 is 1.55 bits per heavy atom. The molecule has 6 heteroatoms. The van der Waals surface area contributed by atoms with Crippen molar-refractivity contribution in [3.63, 3.8) is 0 Å². The first-order chi connectivity index (χ1) is 36.3. The fourth-order valence-electron chi connectivity index (χ4n) is 14.7. The third-order valence-electron chi connectivity index (χ3n) is 20.0. The fraction of sp³-hybridized carbons (Fsp3) is 0.380. The van der Waals surface area contributed by atoms with Gasteiger partial charge < -0.3 is 9.80 Å². The van der Waals surface area contributed by atoms with Crippen LogP contribution in [0, 0.1) is 11.6 Å². The van der Waals surface area contributed by atoms with E-state index in [1.54, 1.807) is 0 Å². The highest BCUT2D eigenvalue weighted by Gasteiger charge is 2.49. The van der Waals surface area contributed by atoms with Gasteiger partial charge in [0.25, 0.3) is 6.71 Å². The predicted octanol–water partition coefficient (Wildman–Crippen LogP) is 18.8. The van der Waals surface area contributed by atoms with Gasteiger partial charge in [0.1, 0.15) is 11.6 Å². The first-order valence-electron chi connectivity index (χ1n) is 28.7. The van der Waals surface area contributed by atoms with Crippen molar-refractivity contribution in [3.8, 4) is 22.3 Å². The lowest BCUT2D eigenvalue weighted by Gasteiger charge is -2.47. The zero-order chi connectivity index (χ0) is 54.3. The van der Waals surface area contributed by atoms with Gasteiger partial charge in [-0.3, -0.25) is 0 Å². The molecule has 1 aromatic heterocycles. The van der Waals surface area contributed by atoms with Crippen molar-refractivity contribution >= 4 is 78.0 Å². The van der Waals surface area contributed by atoms with Gasteiger partial charge in [-0.05, 0) is 210 Å². The molecule has 2 nitrogen and oxygen atoms in total. The van der Waals surface area contributed by atoms with Crippen molar-refractivity contribution < 1.29 is 8.78 Å². The van der Waals surface area contributed by atoms with Crippen LogP contribution in [0.25, 0.3) is 32.3 Å². The number of thiophene rings is 1. The molecule has 392 valence electrons. The van der Waals surface area contributed by atoms with Crippen LogP contribution in [-0.2, 0) is 32.5 Å². The lowest BCUT2D eigenvalue weighted by Crippen LogP contribution is -2.61. The molecule has 0 amide bonds. The summed E-state index contributed by atoms with van der Waals surface area (Å²) >= 11 is 1.99. The number of nitrogens with zero attached hydrogens (tertiary/aromatic N) is 2. The second kappa shape index (κ2) is 16.8. The van der Waals surface area contributed by atoms with Crippen LogP contribution in [0.5, 0.6) is 0 Å². The van der Waals surface area contributed by atoms with E-state index in [1.165, 1.54) is 94.3 Å². The minimum absolute atomic E-state index is 0.00423. The summed E-state index contributed by atoms with van der Waals surface area (Å²) in [6.45, 7) is 33.7.